The lowest BCUT2D eigenvalue weighted by atomic mass is 10.00. The van der Waals surface area contributed by atoms with Gasteiger partial charge in [0.25, 0.3) is 0 Å². The zero-order valence-electron chi connectivity index (χ0n) is 13.5. The highest BCUT2D eigenvalue weighted by Gasteiger charge is 2.20. The van der Waals surface area contributed by atoms with Gasteiger partial charge in [-0.3, -0.25) is 4.79 Å². The predicted molar refractivity (Wildman–Crippen MR) is 94.4 cm³/mol. The molecule has 3 N–H and O–H groups in total. The molecule has 3 rings (SSSR count). The second-order valence-electron chi connectivity index (χ2n) is 6.07. The normalized spacial score (nSPS) is 13.5. The van der Waals surface area contributed by atoms with E-state index < -0.39 is 0 Å². The lowest BCUT2D eigenvalue weighted by molar-refractivity contribution is -0.119. The van der Waals surface area contributed by atoms with Gasteiger partial charge in [-0.25, -0.2) is 0 Å². The van der Waals surface area contributed by atoms with Crippen molar-refractivity contribution in [1.82, 2.24) is 5.32 Å². The number of amides is 1. The van der Waals surface area contributed by atoms with Crippen molar-refractivity contribution in [1.29, 1.82) is 0 Å². The monoisotopic (exact) mass is 309 g/mol. The molecule has 2 aromatic carbocycles. The van der Waals surface area contributed by atoms with E-state index in [1.54, 1.807) is 0 Å². The maximum Gasteiger partial charge on any atom is 0.239 e. The fourth-order valence-corrected chi connectivity index (χ4v) is 3.12. The van der Waals surface area contributed by atoms with E-state index >= 15 is 0 Å². The quantitative estimate of drug-likeness (QED) is 0.854. The van der Waals surface area contributed by atoms with Gasteiger partial charge in [0, 0.05) is 24.5 Å². The molecule has 4 nitrogen and oxygen atoms in total. The molecule has 2 aromatic rings. The van der Waals surface area contributed by atoms with Gasteiger partial charge in [-0.05, 0) is 48.6 Å². The zero-order valence-corrected chi connectivity index (χ0v) is 13.5. The Morgan fingerprint density at radius 1 is 1.22 bits per heavy atom. The van der Waals surface area contributed by atoms with Crippen LogP contribution in [0.5, 0.6) is 0 Å². The number of hydrogen-bond acceptors (Lipinski definition) is 3. The molecule has 0 atom stereocenters. The number of fused-ring (bicyclic) bond motifs is 1. The number of anilines is 2. The standard InChI is InChI=1S/C19H23N3O/c1-14-6-2-3-7-15(14)12-21-19(23)13-22-11-5-8-16-17(20)9-4-10-18(16)22/h2-4,6-7,9-10H,5,8,11-13,20H2,1H3,(H,21,23). The van der Waals surface area contributed by atoms with E-state index in [0.717, 1.165) is 36.3 Å². The van der Waals surface area contributed by atoms with Crippen LogP contribution in [-0.4, -0.2) is 19.0 Å². The lowest BCUT2D eigenvalue weighted by Crippen LogP contribution is -2.39. The number of carbonyl (C=O) groups is 1. The minimum Gasteiger partial charge on any atom is -0.398 e. The summed E-state index contributed by atoms with van der Waals surface area (Å²) in [7, 11) is 0. The molecule has 0 aromatic heterocycles. The van der Waals surface area contributed by atoms with Crippen LogP contribution in [0.25, 0.3) is 0 Å². The minimum atomic E-state index is 0.0449. The van der Waals surface area contributed by atoms with Crippen LogP contribution >= 0.6 is 0 Å². The van der Waals surface area contributed by atoms with E-state index in [0.29, 0.717) is 13.1 Å². The van der Waals surface area contributed by atoms with Crippen molar-refractivity contribution in [2.45, 2.75) is 26.3 Å². The van der Waals surface area contributed by atoms with E-state index in [-0.39, 0.29) is 5.91 Å². The van der Waals surface area contributed by atoms with Crippen LogP contribution in [0.2, 0.25) is 0 Å². The third-order valence-corrected chi connectivity index (χ3v) is 4.45. The molecule has 0 radical (unpaired) electrons. The van der Waals surface area contributed by atoms with Gasteiger partial charge in [0.05, 0.1) is 6.54 Å². The molecule has 1 heterocycles. The Bertz CT molecular complexity index is 712. The fraction of sp³-hybridized carbons (Fsp3) is 0.316. The van der Waals surface area contributed by atoms with E-state index in [4.69, 9.17) is 5.73 Å². The van der Waals surface area contributed by atoms with Crippen molar-refractivity contribution in [3.05, 3.63) is 59.2 Å². The highest BCUT2D eigenvalue weighted by molar-refractivity contribution is 5.82. The lowest BCUT2D eigenvalue weighted by Gasteiger charge is -2.31. The van der Waals surface area contributed by atoms with Crippen LogP contribution in [0.3, 0.4) is 0 Å². The number of hydrogen-bond donors (Lipinski definition) is 2. The van der Waals surface area contributed by atoms with Crippen molar-refractivity contribution in [3.8, 4) is 0 Å². The van der Waals surface area contributed by atoms with E-state index in [9.17, 15) is 4.79 Å². The number of nitrogens with one attached hydrogen (secondary N) is 1. The number of benzene rings is 2. The van der Waals surface area contributed by atoms with Crippen LogP contribution < -0.4 is 16.0 Å². The van der Waals surface area contributed by atoms with E-state index in [1.807, 2.05) is 30.3 Å². The van der Waals surface area contributed by atoms with E-state index in [2.05, 4.69) is 29.3 Å². The van der Waals surface area contributed by atoms with Crippen LogP contribution in [0.15, 0.2) is 42.5 Å². The molecule has 0 saturated heterocycles. The summed E-state index contributed by atoms with van der Waals surface area (Å²) in [5.74, 6) is 0.0449. The molecule has 4 heteroatoms. The molecule has 1 aliphatic heterocycles. The van der Waals surface area contributed by atoms with Crippen molar-refractivity contribution >= 4 is 17.3 Å². The van der Waals surface area contributed by atoms with Gasteiger partial charge in [-0.1, -0.05) is 30.3 Å². The van der Waals surface area contributed by atoms with Crippen LogP contribution in [0.1, 0.15) is 23.1 Å². The molecule has 23 heavy (non-hydrogen) atoms. The van der Waals surface area contributed by atoms with Crippen molar-refractivity contribution in [3.63, 3.8) is 0 Å². The molecular formula is C19H23N3O. The highest BCUT2D eigenvalue weighted by Crippen LogP contribution is 2.30. The number of nitrogens with zero attached hydrogens (tertiary/aromatic N) is 1. The van der Waals surface area contributed by atoms with Crippen molar-refractivity contribution in [2.75, 3.05) is 23.7 Å². The summed E-state index contributed by atoms with van der Waals surface area (Å²) >= 11 is 0. The highest BCUT2D eigenvalue weighted by atomic mass is 16.2. The van der Waals surface area contributed by atoms with Crippen LogP contribution in [0.4, 0.5) is 11.4 Å². The molecule has 0 bridgehead atoms. The van der Waals surface area contributed by atoms with E-state index in [1.165, 1.54) is 11.1 Å². The Labute approximate surface area is 137 Å². The topological polar surface area (TPSA) is 58.4 Å². The number of rotatable bonds is 4. The maximum absolute atomic E-state index is 12.3. The SMILES string of the molecule is Cc1ccccc1CNC(=O)CN1CCCc2c(N)cccc21. The molecule has 0 fully saturated rings. The van der Waals surface area contributed by atoms with Crippen LogP contribution in [0, 0.1) is 6.92 Å². The first kappa shape index (κ1) is 15.4. The Kier molecular flexibility index (Phi) is 4.51. The van der Waals surface area contributed by atoms with Gasteiger partial charge in [-0.15, -0.1) is 0 Å². The molecule has 0 aliphatic carbocycles. The first-order valence-electron chi connectivity index (χ1n) is 8.08. The molecule has 120 valence electrons. The Hall–Kier alpha value is -2.49. The van der Waals surface area contributed by atoms with Gasteiger partial charge in [-0.2, -0.15) is 0 Å². The number of carbonyl (C=O) groups excluding carboxylic acids is 1. The first-order chi connectivity index (χ1) is 11.1. The van der Waals surface area contributed by atoms with Gasteiger partial charge >= 0.3 is 0 Å². The average Bonchev–Trinajstić information content (AvgIpc) is 2.55. The number of aryl methyl sites for hydroxylation is 1. The molecule has 0 unspecified atom stereocenters. The fourth-order valence-electron chi connectivity index (χ4n) is 3.12. The average molecular weight is 309 g/mol. The Balaban J connectivity index is 1.63. The van der Waals surface area contributed by atoms with Crippen LogP contribution in [-0.2, 0) is 17.8 Å². The maximum atomic E-state index is 12.3. The second kappa shape index (κ2) is 6.73. The Morgan fingerprint density at radius 2 is 2.04 bits per heavy atom. The molecule has 1 aliphatic rings. The molecule has 0 spiro atoms. The smallest absolute Gasteiger partial charge is 0.239 e. The summed E-state index contributed by atoms with van der Waals surface area (Å²) in [5, 5.41) is 3.02. The second-order valence-corrected chi connectivity index (χ2v) is 6.07. The molecule has 1 amide bonds. The van der Waals surface area contributed by atoms with Crippen molar-refractivity contribution in [2.24, 2.45) is 0 Å². The molecular weight excluding hydrogens is 286 g/mol. The predicted octanol–water partition coefficient (Wildman–Crippen LogP) is 2.65. The summed E-state index contributed by atoms with van der Waals surface area (Å²) in [6.07, 6.45) is 2.02. The first-order valence-corrected chi connectivity index (χ1v) is 8.08. The summed E-state index contributed by atoms with van der Waals surface area (Å²) in [6, 6.07) is 14.1. The Morgan fingerprint density at radius 3 is 2.87 bits per heavy atom. The minimum absolute atomic E-state index is 0.0449. The third-order valence-electron chi connectivity index (χ3n) is 4.45. The number of nitrogens with two attached hydrogens (primary N) is 1. The largest absolute Gasteiger partial charge is 0.398 e. The van der Waals surface area contributed by atoms with Gasteiger partial charge in [0.2, 0.25) is 5.91 Å². The van der Waals surface area contributed by atoms with Gasteiger partial charge < -0.3 is 16.0 Å². The third kappa shape index (κ3) is 3.47. The zero-order chi connectivity index (χ0) is 16.2. The summed E-state index contributed by atoms with van der Waals surface area (Å²) in [6.45, 7) is 3.91. The van der Waals surface area contributed by atoms with Gasteiger partial charge in [0.15, 0.2) is 0 Å². The van der Waals surface area contributed by atoms with Gasteiger partial charge in [0.1, 0.15) is 0 Å². The molecule has 0 saturated carbocycles. The summed E-state index contributed by atoms with van der Waals surface area (Å²) < 4.78 is 0. The summed E-state index contributed by atoms with van der Waals surface area (Å²) in [4.78, 5) is 14.4. The van der Waals surface area contributed by atoms with Crippen molar-refractivity contribution < 1.29 is 4.79 Å². The number of nitrogen functional groups attached to an aromatic ring is 1. The summed E-state index contributed by atoms with van der Waals surface area (Å²) in [5.41, 5.74) is 11.5.